The molecule has 1 atom stereocenters. The first-order valence-corrected chi connectivity index (χ1v) is 8.46. The summed E-state index contributed by atoms with van der Waals surface area (Å²) in [5, 5.41) is 3.44. The van der Waals surface area contributed by atoms with E-state index in [1.165, 1.54) is 4.90 Å². The van der Waals surface area contributed by atoms with Crippen LogP contribution in [0.3, 0.4) is 0 Å². The number of rotatable bonds is 6. The number of hydrogen-bond acceptors (Lipinski definition) is 3. The van der Waals surface area contributed by atoms with E-state index in [4.69, 9.17) is 16.3 Å². The zero-order chi connectivity index (χ0) is 17.9. The highest BCUT2D eigenvalue weighted by atomic mass is 35.5. The van der Waals surface area contributed by atoms with Gasteiger partial charge in [0, 0.05) is 11.6 Å². The van der Waals surface area contributed by atoms with Crippen molar-refractivity contribution in [2.75, 3.05) is 13.2 Å². The molecule has 1 fully saturated rings. The molecule has 5 nitrogen and oxygen atoms in total. The van der Waals surface area contributed by atoms with Crippen LogP contribution in [0, 0.1) is 0 Å². The molecule has 25 heavy (non-hydrogen) atoms. The lowest BCUT2D eigenvalue weighted by Gasteiger charge is -2.22. The van der Waals surface area contributed by atoms with Gasteiger partial charge in [-0.2, -0.15) is 0 Å². The van der Waals surface area contributed by atoms with Gasteiger partial charge >= 0.3 is 6.03 Å². The molecule has 0 aromatic heterocycles. The lowest BCUT2D eigenvalue weighted by atomic mass is 9.92. The summed E-state index contributed by atoms with van der Waals surface area (Å²) < 4.78 is 5.60. The third-order valence-corrected chi connectivity index (χ3v) is 4.49. The Kier molecular flexibility index (Phi) is 4.95. The molecule has 1 aliphatic rings. The Bertz CT molecular complexity index is 764. The standard InChI is InChI=1S/C19H19ClN2O3/c1-19(14-6-3-2-4-7-14)17(23)22(18(24)21-19)12-5-13-25-16-10-8-15(20)9-11-16/h2-4,6-11H,5,12-13H2,1H3,(H,21,24). The van der Waals surface area contributed by atoms with Gasteiger partial charge in [-0.25, -0.2) is 4.79 Å². The van der Waals surface area contributed by atoms with E-state index in [-0.39, 0.29) is 11.9 Å². The molecular formula is C19H19ClN2O3. The van der Waals surface area contributed by atoms with Crippen LogP contribution in [0.4, 0.5) is 4.79 Å². The first-order valence-electron chi connectivity index (χ1n) is 8.09. The Hall–Kier alpha value is -2.53. The number of ether oxygens (including phenoxy) is 1. The van der Waals surface area contributed by atoms with Crippen molar-refractivity contribution in [1.29, 1.82) is 0 Å². The number of halogens is 1. The van der Waals surface area contributed by atoms with Gasteiger partial charge in [0.1, 0.15) is 11.3 Å². The molecule has 3 amide bonds. The van der Waals surface area contributed by atoms with E-state index in [2.05, 4.69) is 5.32 Å². The van der Waals surface area contributed by atoms with E-state index >= 15 is 0 Å². The van der Waals surface area contributed by atoms with Gasteiger partial charge in [-0.05, 0) is 43.2 Å². The summed E-state index contributed by atoms with van der Waals surface area (Å²) in [7, 11) is 0. The number of hydrogen-bond donors (Lipinski definition) is 1. The van der Waals surface area contributed by atoms with Crippen LogP contribution in [0.2, 0.25) is 5.02 Å². The molecule has 0 spiro atoms. The number of carbonyl (C=O) groups excluding carboxylic acids is 2. The van der Waals surface area contributed by atoms with Crippen molar-refractivity contribution in [2.45, 2.75) is 18.9 Å². The quantitative estimate of drug-likeness (QED) is 0.634. The highest BCUT2D eigenvalue weighted by Crippen LogP contribution is 2.28. The third kappa shape index (κ3) is 3.61. The lowest BCUT2D eigenvalue weighted by Crippen LogP contribution is -2.41. The fraction of sp³-hybridized carbons (Fsp3) is 0.263. The molecule has 2 aromatic rings. The second kappa shape index (κ2) is 7.15. The minimum atomic E-state index is -1.02. The van der Waals surface area contributed by atoms with E-state index in [1.807, 2.05) is 30.3 Å². The molecule has 0 saturated carbocycles. The molecule has 1 unspecified atom stereocenters. The molecular weight excluding hydrogens is 340 g/mol. The van der Waals surface area contributed by atoms with Gasteiger partial charge in [0.15, 0.2) is 0 Å². The molecule has 0 radical (unpaired) electrons. The first-order chi connectivity index (χ1) is 12.0. The number of amides is 3. The average molecular weight is 359 g/mol. The molecule has 2 aromatic carbocycles. The number of imide groups is 1. The molecule has 3 rings (SSSR count). The Morgan fingerprint density at radius 2 is 1.76 bits per heavy atom. The maximum atomic E-state index is 12.7. The SMILES string of the molecule is CC1(c2ccccc2)NC(=O)N(CCCOc2ccc(Cl)cc2)C1=O. The second-order valence-electron chi connectivity index (χ2n) is 6.03. The first kappa shape index (κ1) is 17.3. The summed E-state index contributed by atoms with van der Waals surface area (Å²) in [6.45, 7) is 2.44. The predicted molar refractivity (Wildman–Crippen MR) is 95.6 cm³/mol. The monoisotopic (exact) mass is 358 g/mol. The van der Waals surface area contributed by atoms with Crippen molar-refractivity contribution in [2.24, 2.45) is 0 Å². The summed E-state index contributed by atoms with van der Waals surface area (Å²) in [4.78, 5) is 26.2. The molecule has 130 valence electrons. The Morgan fingerprint density at radius 1 is 1.08 bits per heavy atom. The molecule has 0 aliphatic carbocycles. The lowest BCUT2D eigenvalue weighted by molar-refractivity contribution is -0.131. The average Bonchev–Trinajstić information content (AvgIpc) is 2.84. The van der Waals surface area contributed by atoms with Crippen molar-refractivity contribution in [3.8, 4) is 5.75 Å². The van der Waals surface area contributed by atoms with E-state index in [0.29, 0.717) is 30.3 Å². The summed E-state index contributed by atoms with van der Waals surface area (Å²) in [5.74, 6) is 0.464. The fourth-order valence-electron chi connectivity index (χ4n) is 2.81. The number of urea groups is 1. The van der Waals surface area contributed by atoms with E-state index in [1.54, 1.807) is 31.2 Å². The minimum Gasteiger partial charge on any atom is -0.494 e. The van der Waals surface area contributed by atoms with Crippen molar-refractivity contribution in [3.63, 3.8) is 0 Å². The zero-order valence-electron chi connectivity index (χ0n) is 13.9. The Balaban J connectivity index is 1.57. The van der Waals surface area contributed by atoms with Crippen LogP contribution in [0.1, 0.15) is 18.9 Å². The highest BCUT2D eigenvalue weighted by Gasteiger charge is 2.48. The molecule has 0 bridgehead atoms. The topological polar surface area (TPSA) is 58.6 Å². The van der Waals surface area contributed by atoms with Crippen molar-refractivity contribution in [1.82, 2.24) is 10.2 Å². The number of carbonyl (C=O) groups is 2. The Morgan fingerprint density at radius 3 is 2.44 bits per heavy atom. The van der Waals surface area contributed by atoms with Gasteiger partial charge in [0.2, 0.25) is 0 Å². The van der Waals surface area contributed by atoms with Crippen molar-refractivity contribution in [3.05, 3.63) is 65.2 Å². The fourth-order valence-corrected chi connectivity index (χ4v) is 2.94. The number of benzene rings is 2. The molecule has 6 heteroatoms. The summed E-state index contributed by atoms with van der Waals surface area (Å²) in [5.41, 5.74) is -0.247. The van der Waals surface area contributed by atoms with Crippen LogP contribution in [0.25, 0.3) is 0 Å². The molecule has 1 aliphatic heterocycles. The van der Waals surface area contributed by atoms with Crippen LogP contribution >= 0.6 is 11.6 Å². The van der Waals surface area contributed by atoms with E-state index in [9.17, 15) is 9.59 Å². The smallest absolute Gasteiger partial charge is 0.325 e. The highest BCUT2D eigenvalue weighted by molar-refractivity contribution is 6.30. The summed E-state index contributed by atoms with van der Waals surface area (Å²) >= 11 is 5.82. The maximum Gasteiger partial charge on any atom is 0.325 e. The molecule has 1 heterocycles. The number of nitrogens with one attached hydrogen (secondary N) is 1. The van der Waals surface area contributed by atoms with Crippen molar-refractivity contribution < 1.29 is 14.3 Å². The van der Waals surface area contributed by atoms with Crippen molar-refractivity contribution >= 4 is 23.5 Å². The second-order valence-corrected chi connectivity index (χ2v) is 6.47. The van der Waals surface area contributed by atoms with Gasteiger partial charge in [0.05, 0.1) is 6.61 Å². The third-order valence-electron chi connectivity index (χ3n) is 4.23. The normalized spacial score (nSPS) is 19.8. The van der Waals surface area contributed by atoms with Gasteiger partial charge in [-0.3, -0.25) is 9.69 Å². The summed E-state index contributed by atoms with van der Waals surface area (Å²) in [6.07, 6.45) is 0.548. The minimum absolute atomic E-state index is 0.241. The maximum absolute atomic E-state index is 12.7. The number of nitrogens with zero attached hydrogens (tertiary/aromatic N) is 1. The zero-order valence-corrected chi connectivity index (χ0v) is 14.6. The van der Waals surface area contributed by atoms with Gasteiger partial charge in [0.25, 0.3) is 5.91 Å². The van der Waals surface area contributed by atoms with E-state index < -0.39 is 5.54 Å². The molecule has 1 N–H and O–H groups in total. The predicted octanol–water partition coefficient (Wildman–Crippen LogP) is 3.58. The van der Waals surface area contributed by atoms with Crippen LogP contribution in [-0.4, -0.2) is 30.0 Å². The molecule has 1 saturated heterocycles. The van der Waals surface area contributed by atoms with E-state index in [0.717, 1.165) is 5.56 Å². The van der Waals surface area contributed by atoms with Gasteiger partial charge in [-0.15, -0.1) is 0 Å². The summed E-state index contributed by atoms with van der Waals surface area (Å²) in [6, 6.07) is 15.9. The van der Waals surface area contributed by atoms with Crippen LogP contribution in [0.15, 0.2) is 54.6 Å². The van der Waals surface area contributed by atoms with Gasteiger partial charge < -0.3 is 10.1 Å². The van der Waals surface area contributed by atoms with Crippen LogP contribution in [0.5, 0.6) is 5.75 Å². The van der Waals surface area contributed by atoms with Gasteiger partial charge in [-0.1, -0.05) is 41.9 Å². The van der Waals surface area contributed by atoms with Crippen LogP contribution < -0.4 is 10.1 Å². The Labute approximate surface area is 151 Å². The van der Waals surface area contributed by atoms with Crippen LogP contribution in [-0.2, 0) is 10.3 Å². The largest absolute Gasteiger partial charge is 0.494 e.